The SMILES string of the molecule is CCNC(=O)NC(=O)C(C)Oc1c(CN)cccc1OC. The maximum absolute atomic E-state index is 11.9. The van der Waals surface area contributed by atoms with E-state index < -0.39 is 18.0 Å². The maximum Gasteiger partial charge on any atom is 0.321 e. The van der Waals surface area contributed by atoms with Crippen molar-refractivity contribution in [1.29, 1.82) is 0 Å². The Morgan fingerprint density at radius 3 is 2.67 bits per heavy atom. The molecule has 0 radical (unpaired) electrons. The molecule has 0 aliphatic rings. The van der Waals surface area contributed by atoms with E-state index in [9.17, 15) is 9.59 Å². The van der Waals surface area contributed by atoms with E-state index in [1.165, 1.54) is 7.11 Å². The molecule has 7 nitrogen and oxygen atoms in total. The Kier molecular flexibility index (Phi) is 6.48. The molecular weight excluding hydrogens is 274 g/mol. The fourth-order valence-corrected chi connectivity index (χ4v) is 1.67. The number of hydrogen-bond acceptors (Lipinski definition) is 5. The first kappa shape index (κ1) is 16.8. The number of rotatable bonds is 6. The van der Waals surface area contributed by atoms with Crippen molar-refractivity contribution in [1.82, 2.24) is 10.6 Å². The number of carbonyl (C=O) groups is 2. The van der Waals surface area contributed by atoms with Gasteiger partial charge in [0.05, 0.1) is 7.11 Å². The van der Waals surface area contributed by atoms with Gasteiger partial charge in [-0.1, -0.05) is 12.1 Å². The predicted octanol–water partition coefficient (Wildman–Crippen LogP) is 0.767. The van der Waals surface area contributed by atoms with Crippen molar-refractivity contribution in [2.24, 2.45) is 5.73 Å². The summed E-state index contributed by atoms with van der Waals surface area (Å²) in [5, 5.41) is 4.66. The van der Waals surface area contributed by atoms with Crippen LogP contribution in [0.3, 0.4) is 0 Å². The summed E-state index contributed by atoms with van der Waals surface area (Å²) in [6.45, 7) is 3.98. The molecule has 1 atom stereocenters. The molecule has 0 spiro atoms. The van der Waals surface area contributed by atoms with Crippen LogP contribution in [0.5, 0.6) is 11.5 Å². The molecule has 0 aliphatic heterocycles. The minimum atomic E-state index is -0.866. The topological polar surface area (TPSA) is 103 Å². The molecule has 0 aromatic heterocycles. The summed E-state index contributed by atoms with van der Waals surface area (Å²) in [5.74, 6) is 0.339. The summed E-state index contributed by atoms with van der Waals surface area (Å²) in [6, 6.07) is 4.72. The Labute approximate surface area is 123 Å². The number of nitrogens with two attached hydrogens (primary N) is 1. The van der Waals surface area contributed by atoms with Crippen LogP contribution in [0.25, 0.3) is 0 Å². The van der Waals surface area contributed by atoms with Crippen molar-refractivity contribution in [2.75, 3.05) is 13.7 Å². The van der Waals surface area contributed by atoms with Crippen LogP contribution >= 0.6 is 0 Å². The lowest BCUT2D eigenvalue weighted by Gasteiger charge is -2.18. The van der Waals surface area contributed by atoms with Crippen LogP contribution in [0, 0.1) is 0 Å². The molecule has 3 amide bonds. The number of nitrogens with one attached hydrogen (secondary N) is 2. The van der Waals surface area contributed by atoms with E-state index in [-0.39, 0.29) is 6.54 Å². The van der Waals surface area contributed by atoms with Crippen molar-refractivity contribution in [3.63, 3.8) is 0 Å². The van der Waals surface area contributed by atoms with E-state index in [1.807, 2.05) is 0 Å². The van der Waals surface area contributed by atoms with E-state index in [0.29, 0.717) is 23.6 Å². The number of amides is 3. The second-order valence-electron chi connectivity index (χ2n) is 4.26. The fourth-order valence-electron chi connectivity index (χ4n) is 1.67. The fraction of sp³-hybridized carbons (Fsp3) is 0.429. The lowest BCUT2D eigenvalue weighted by Crippen LogP contribution is -2.45. The number of methoxy groups -OCH3 is 1. The number of ether oxygens (including phenoxy) is 2. The molecule has 0 aliphatic carbocycles. The third-order valence-electron chi connectivity index (χ3n) is 2.74. The van der Waals surface area contributed by atoms with Gasteiger partial charge in [0.2, 0.25) is 0 Å². The Morgan fingerprint density at radius 1 is 1.38 bits per heavy atom. The quantitative estimate of drug-likeness (QED) is 0.719. The van der Waals surface area contributed by atoms with Gasteiger partial charge in [-0.15, -0.1) is 0 Å². The Hall–Kier alpha value is -2.28. The summed E-state index contributed by atoms with van der Waals surface area (Å²) in [5.41, 5.74) is 6.36. The number of urea groups is 1. The molecule has 0 bridgehead atoms. The van der Waals surface area contributed by atoms with Crippen molar-refractivity contribution in [3.05, 3.63) is 23.8 Å². The summed E-state index contributed by atoms with van der Waals surface area (Å²) < 4.78 is 10.8. The van der Waals surface area contributed by atoms with E-state index >= 15 is 0 Å². The van der Waals surface area contributed by atoms with Crippen LogP contribution in [0.15, 0.2) is 18.2 Å². The van der Waals surface area contributed by atoms with Crippen molar-refractivity contribution in [2.45, 2.75) is 26.5 Å². The van der Waals surface area contributed by atoms with Crippen molar-refractivity contribution >= 4 is 11.9 Å². The minimum absolute atomic E-state index is 0.247. The van der Waals surface area contributed by atoms with Crippen LogP contribution in [0.2, 0.25) is 0 Å². The third-order valence-corrected chi connectivity index (χ3v) is 2.74. The molecule has 0 saturated heterocycles. The lowest BCUT2D eigenvalue weighted by molar-refractivity contribution is -0.126. The zero-order valence-corrected chi connectivity index (χ0v) is 12.4. The first-order valence-corrected chi connectivity index (χ1v) is 6.64. The summed E-state index contributed by atoms with van der Waals surface area (Å²) in [4.78, 5) is 23.2. The molecule has 116 valence electrons. The van der Waals surface area contributed by atoms with Gasteiger partial charge in [0.25, 0.3) is 5.91 Å². The number of hydrogen-bond donors (Lipinski definition) is 3. The lowest BCUT2D eigenvalue weighted by atomic mass is 10.2. The second kappa shape index (κ2) is 8.11. The van der Waals surface area contributed by atoms with Gasteiger partial charge in [0.15, 0.2) is 17.6 Å². The van der Waals surface area contributed by atoms with Gasteiger partial charge in [0, 0.05) is 18.7 Å². The van der Waals surface area contributed by atoms with E-state index in [0.717, 1.165) is 0 Å². The molecule has 0 saturated carbocycles. The molecule has 1 aromatic rings. The molecule has 0 fully saturated rings. The zero-order chi connectivity index (χ0) is 15.8. The third kappa shape index (κ3) is 4.64. The molecule has 7 heteroatoms. The monoisotopic (exact) mass is 295 g/mol. The summed E-state index contributed by atoms with van der Waals surface area (Å²) >= 11 is 0. The van der Waals surface area contributed by atoms with Gasteiger partial charge in [-0.25, -0.2) is 4.79 Å². The van der Waals surface area contributed by atoms with Crippen LogP contribution in [0.4, 0.5) is 4.79 Å². The average Bonchev–Trinajstić information content (AvgIpc) is 2.47. The molecule has 21 heavy (non-hydrogen) atoms. The van der Waals surface area contributed by atoms with Crippen LogP contribution in [-0.2, 0) is 11.3 Å². The Morgan fingerprint density at radius 2 is 2.10 bits per heavy atom. The molecule has 0 heterocycles. The highest BCUT2D eigenvalue weighted by Gasteiger charge is 2.20. The molecule has 1 unspecified atom stereocenters. The van der Waals surface area contributed by atoms with Gasteiger partial charge >= 0.3 is 6.03 Å². The molecule has 1 rings (SSSR count). The molecule has 1 aromatic carbocycles. The molecular formula is C14H21N3O4. The first-order chi connectivity index (χ1) is 10.0. The first-order valence-electron chi connectivity index (χ1n) is 6.64. The van der Waals surface area contributed by atoms with Crippen molar-refractivity contribution in [3.8, 4) is 11.5 Å². The maximum atomic E-state index is 11.9. The number of para-hydroxylation sites is 1. The normalized spacial score (nSPS) is 11.4. The second-order valence-corrected chi connectivity index (χ2v) is 4.26. The zero-order valence-electron chi connectivity index (χ0n) is 12.4. The van der Waals surface area contributed by atoms with Gasteiger partial charge < -0.3 is 20.5 Å². The standard InChI is InChI=1S/C14H21N3O4/c1-4-16-14(19)17-13(18)9(2)21-12-10(8-15)6-5-7-11(12)20-3/h5-7,9H,4,8,15H2,1-3H3,(H2,16,17,18,19). The van der Waals surface area contributed by atoms with Gasteiger partial charge in [-0.2, -0.15) is 0 Å². The Bertz CT molecular complexity index is 483. The van der Waals surface area contributed by atoms with Crippen LogP contribution < -0.4 is 25.8 Å². The van der Waals surface area contributed by atoms with Gasteiger partial charge in [-0.05, 0) is 19.9 Å². The van der Waals surface area contributed by atoms with E-state index in [1.54, 1.807) is 32.0 Å². The average molecular weight is 295 g/mol. The van der Waals surface area contributed by atoms with Gasteiger partial charge in [-0.3, -0.25) is 10.1 Å². The summed E-state index contributed by atoms with van der Waals surface area (Å²) in [7, 11) is 1.50. The minimum Gasteiger partial charge on any atom is -0.493 e. The number of imide groups is 1. The highest BCUT2D eigenvalue weighted by molar-refractivity contribution is 5.96. The van der Waals surface area contributed by atoms with Gasteiger partial charge in [0.1, 0.15) is 0 Å². The largest absolute Gasteiger partial charge is 0.493 e. The van der Waals surface area contributed by atoms with Crippen LogP contribution in [0.1, 0.15) is 19.4 Å². The highest BCUT2D eigenvalue weighted by Crippen LogP contribution is 2.31. The summed E-state index contributed by atoms with van der Waals surface area (Å²) in [6.07, 6.45) is -0.866. The van der Waals surface area contributed by atoms with E-state index in [2.05, 4.69) is 10.6 Å². The predicted molar refractivity (Wildman–Crippen MR) is 78.2 cm³/mol. The van der Waals surface area contributed by atoms with Crippen LogP contribution in [-0.4, -0.2) is 31.7 Å². The Balaban J connectivity index is 2.80. The highest BCUT2D eigenvalue weighted by atomic mass is 16.5. The van der Waals surface area contributed by atoms with Crippen molar-refractivity contribution < 1.29 is 19.1 Å². The molecule has 4 N–H and O–H groups in total. The number of benzene rings is 1. The van der Waals surface area contributed by atoms with E-state index in [4.69, 9.17) is 15.2 Å². The number of carbonyl (C=O) groups excluding carboxylic acids is 2. The smallest absolute Gasteiger partial charge is 0.321 e.